The molecule has 0 saturated heterocycles. The summed E-state index contributed by atoms with van der Waals surface area (Å²) in [5.41, 5.74) is 0.191. The molecule has 0 aliphatic carbocycles. The van der Waals surface area contributed by atoms with E-state index in [2.05, 4.69) is 6.58 Å². The molecule has 0 bridgehead atoms. The van der Waals surface area contributed by atoms with Gasteiger partial charge in [-0.3, -0.25) is 4.79 Å². The molecule has 23 heavy (non-hydrogen) atoms. The predicted molar refractivity (Wildman–Crippen MR) is 85.4 cm³/mol. The Bertz CT molecular complexity index is 757. The highest BCUT2D eigenvalue weighted by atomic mass is 19.4. The summed E-state index contributed by atoms with van der Waals surface area (Å²) in [6.45, 7) is 7.43. The summed E-state index contributed by atoms with van der Waals surface area (Å²) in [5, 5.41) is 0. The van der Waals surface area contributed by atoms with Gasteiger partial charge < -0.3 is 4.57 Å². The van der Waals surface area contributed by atoms with Gasteiger partial charge in [-0.2, -0.15) is 13.2 Å². The maximum Gasteiger partial charge on any atom is 0.416 e. The molecule has 2 aromatic rings. The van der Waals surface area contributed by atoms with Gasteiger partial charge in [0, 0.05) is 6.07 Å². The lowest BCUT2D eigenvalue weighted by molar-refractivity contribution is -0.137. The van der Waals surface area contributed by atoms with E-state index in [9.17, 15) is 18.0 Å². The number of pyridine rings is 1. The van der Waals surface area contributed by atoms with Gasteiger partial charge in [-0.25, -0.2) is 0 Å². The number of aromatic nitrogens is 1. The molecule has 0 spiro atoms. The number of nitrogens with zero attached hydrogens (tertiary/aromatic N) is 1. The summed E-state index contributed by atoms with van der Waals surface area (Å²) < 4.78 is 40.5. The Morgan fingerprint density at radius 2 is 1.83 bits per heavy atom. The van der Waals surface area contributed by atoms with E-state index >= 15 is 0 Å². The maximum absolute atomic E-state index is 13.1. The number of aryl methyl sites for hydroxylation is 1. The molecule has 1 heterocycles. The Hall–Kier alpha value is -2.30. The van der Waals surface area contributed by atoms with Crippen LogP contribution >= 0.6 is 0 Å². The van der Waals surface area contributed by atoms with Gasteiger partial charge in [0.2, 0.25) is 0 Å². The summed E-state index contributed by atoms with van der Waals surface area (Å²) in [4.78, 5) is 12.3. The van der Waals surface area contributed by atoms with Crippen LogP contribution in [0.2, 0.25) is 0 Å². The molecule has 2 rings (SSSR count). The molecule has 122 valence electrons. The number of rotatable bonds is 4. The van der Waals surface area contributed by atoms with Crippen LogP contribution in [0.5, 0.6) is 0 Å². The van der Waals surface area contributed by atoms with Gasteiger partial charge in [-0.05, 0) is 25.0 Å². The Balaban J connectivity index is 2.78. The number of alkyl halides is 3. The molecule has 2 nitrogen and oxygen atoms in total. The highest BCUT2D eigenvalue weighted by molar-refractivity contribution is 5.61. The molecule has 0 fully saturated rings. The summed E-state index contributed by atoms with van der Waals surface area (Å²) in [7, 11) is 0. The summed E-state index contributed by atoms with van der Waals surface area (Å²) in [5.74, 6) is 0. The fourth-order valence-corrected chi connectivity index (χ4v) is 2.49. The molecule has 5 heteroatoms. The van der Waals surface area contributed by atoms with E-state index in [4.69, 9.17) is 0 Å². The molecule has 1 aromatic heterocycles. The minimum Gasteiger partial charge on any atom is -0.301 e. The monoisotopic (exact) mass is 321 g/mol. The average Bonchev–Trinajstić information content (AvgIpc) is 2.49. The maximum atomic E-state index is 13.1. The topological polar surface area (TPSA) is 22.0 Å². The SMILES string of the molecule is C=CC(CC)n1c(-c2ccc(C)cc2)cc(C(F)(F)F)cc1=O. The number of hydrogen-bond donors (Lipinski definition) is 0. The first-order valence-corrected chi connectivity index (χ1v) is 7.31. The lowest BCUT2D eigenvalue weighted by atomic mass is 10.0. The third kappa shape index (κ3) is 3.55. The van der Waals surface area contributed by atoms with Crippen molar-refractivity contribution in [2.75, 3.05) is 0 Å². The molecule has 0 radical (unpaired) electrons. The van der Waals surface area contributed by atoms with Gasteiger partial charge >= 0.3 is 6.18 Å². The minimum absolute atomic E-state index is 0.247. The second-order valence-electron chi connectivity index (χ2n) is 5.41. The Morgan fingerprint density at radius 1 is 1.22 bits per heavy atom. The highest BCUT2D eigenvalue weighted by Gasteiger charge is 2.32. The Kier molecular flexibility index (Phi) is 4.78. The third-order valence-corrected chi connectivity index (χ3v) is 3.76. The lowest BCUT2D eigenvalue weighted by Crippen LogP contribution is -2.26. The van der Waals surface area contributed by atoms with Crippen LogP contribution in [0.1, 0.15) is 30.5 Å². The molecular weight excluding hydrogens is 303 g/mol. The van der Waals surface area contributed by atoms with Gasteiger partial charge in [0.05, 0.1) is 17.3 Å². The smallest absolute Gasteiger partial charge is 0.301 e. The Morgan fingerprint density at radius 3 is 2.30 bits per heavy atom. The lowest BCUT2D eigenvalue weighted by Gasteiger charge is -2.21. The molecule has 1 unspecified atom stereocenters. The van der Waals surface area contributed by atoms with E-state index in [1.54, 1.807) is 30.3 Å². The van der Waals surface area contributed by atoms with Gasteiger partial charge in [0.1, 0.15) is 0 Å². The number of halogens is 3. The van der Waals surface area contributed by atoms with Crippen molar-refractivity contribution >= 4 is 0 Å². The first kappa shape index (κ1) is 17.1. The van der Waals surface area contributed by atoms with Gasteiger partial charge in [-0.15, -0.1) is 6.58 Å². The standard InChI is InChI=1S/C18H18F3NO/c1-4-15(5-2)22-16(13-8-6-12(3)7-9-13)10-14(11-17(22)23)18(19,20)21/h4,6-11,15H,1,5H2,2-3H3. The van der Waals surface area contributed by atoms with E-state index < -0.39 is 17.3 Å². The van der Waals surface area contributed by atoms with Crippen LogP contribution in [0.15, 0.2) is 53.8 Å². The first-order valence-electron chi connectivity index (χ1n) is 7.31. The largest absolute Gasteiger partial charge is 0.416 e. The van der Waals surface area contributed by atoms with Crippen molar-refractivity contribution in [3.05, 3.63) is 70.5 Å². The van der Waals surface area contributed by atoms with E-state index in [1.807, 2.05) is 13.8 Å². The van der Waals surface area contributed by atoms with Crippen molar-refractivity contribution in [2.45, 2.75) is 32.5 Å². The molecule has 1 aromatic carbocycles. The average molecular weight is 321 g/mol. The molecule has 0 N–H and O–H groups in total. The Labute approximate surface area is 132 Å². The van der Waals surface area contributed by atoms with E-state index in [0.29, 0.717) is 18.1 Å². The third-order valence-electron chi connectivity index (χ3n) is 3.76. The second-order valence-corrected chi connectivity index (χ2v) is 5.41. The van der Waals surface area contributed by atoms with Crippen molar-refractivity contribution in [2.24, 2.45) is 0 Å². The summed E-state index contributed by atoms with van der Waals surface area (Å²) in [6.07, 6.45) is -2.42. The van der Waals surface area contributed by atoms with Crippen LogP contribution in [0.3, 0.4) is 0 Å². The zero-order valence-electron chi connectivity index (χ0n) is 13.0. The second kappa shape index (κ2) is 6.44. The van der Waals surface area contributed by atoms with Crippen molar-refractivity contribution < 1.29 is 13.2 Å². The van der Waals surface area contributed by atoms with Crippen LogP contribution in [0, 0.1) is 6.92 Å². The number of benzene rings is 1. The number of hydrogen-bond acceptors (Lipinski definition) is 1. The molecule has 0 saturated carbocycles. The van der Waals surface area contributed by atoms with E-state index in [-0.39, 0.29) is 11.7 Å². The van der Waals surface area contributed by atoms with Crippen LogP contribution in [-0.4, -0.2) is 4.57 Å². The van der Waals surface area contributed by atoms with Crippen molar-refractivity contribution in [1.29, 1.82) is 0 Å². The number of allylic oxidation sites excluding steroid dienone is 1. The van der Waals surface area contributed by atoms with E-state index in [0.717, 1.165) is 11.6 Å². The van der Waals surface area contributed by atoms with Crippen LogP contribution < -0.4 is 5.56 Å². The summed E-state index contributed by atoms with van der Waals surface area (Å²) in [6, 6.07) is 8.36. The zero-order chi connectivity index (χ0) is 17.2. The summed E-state index contributed by atoms with van der Waals surface area (Å²) >= 11 is 0. The normalized spacial score (nSPS) is 12.9. The fraction of sp³-hybridized carbons (Fsp3) is 0.278. The van der Waals surface area contributed by atoms with E-state index in [1.165, 1.54) is 4.57 Å². The highest BCUT2D eigenvalue weighted by Crippen LogP contribution is 2.32. The molecule has 0 aliphatic heterocycles. The molecule has 1 atom stereocenters. The van der Waals surface area contributed by atoms with Gasteiger partial charge in [0.25, 0.3) is 5.56 Å². The van der Waals surface area contributed by atoms with Crippen LogP contribution in [0.25, 0.3) is 11.3 Å². The zero-order valence-corrected chi connectivity index (χ0v) is 13.0. The molecule has 0 aliphatic rings. The quantitative estimate of drug-likeness (QED) is 0.728. The first-order chi connectivity index (χ1) is 10.8. The van der Waals surface area contributed by atoms with Crippen molar-refractivity contribution in [3.63, 3.8) is 0 Å². The molecular formula is C18H18F3NO. The molecule has 0 amide bonds. The van der Waals surface area contributed by atoms with Crippen LogP contribution in [-0.2, 0) is 6.18 Å². The van der Waals surface area contributed by atoms with Crippen molar-refractivity contribution in [3.8, 4) is 11.3 Å². The fourth-order valence-electron chi connectivity index (χ4n) is 2.49. The van der Waals surface area contributed by atoms with Crippen molar-refractivity contribution in [1.82, 2.24) is 4.57 Å². The minimum atomic E-state index is -4.56. The predicted octanol–water partition coefficient (Wildman–Crippen LogP) is 4.98. The van der Waals surface area contributed by atoms with Crippen LogP contribution in [0.4, 0.5) is 13.2 Å². The van der Waals surface area contributed by atoms with Gasteiger partial charge in [-0.1, -0.05) is 42.8 Å². The van der Waals surface area contributed by atoms with Gasteiger partial charge in [0.15, 0.2) is 0 Å².